The van der Waals surface area contributed by atoms with Gasteiger partial charge >= 0.3 is 0 Å². The van der Waals surface area contributed by atoms with E-state index < -0.39 is 5.60 Å². The van der Waals surface area contributed by atoms with E-state index in [1.165, 1.54) is 0 Å². The van der Waals surface area contributed by atoms with Gasteiger partial charge in [-0.3, -0.25) is 9.59 Å². The van der Waals surface area contributed by atoms with Crippen molar-refractivity contribution in [1.29, 1.82) is 0 Å². The number of fused-ring (bicyclic) bond motifs is 2. The maximum absolute atomic E-state index is 13.2. The quantitative estimate of drug-likeness (QED) is 0.650. The van der Waals surface area contributed by atoms with Gasteiger partial charge < -0.3 is 14.4 Å². The van der Waals surface area contributed by atoms with Gasteiger partial charge in [-0.25, -0.2) is 9.50 Å². The first-order valence-corrected chi connectivity index (χ1v) is 9.99. The zero-order valence-electron chi connectivity index (χ0n) is 16.9. The van der Waals surface area contributed by atoms with Gasteiger partial charge in [0, 0.05) is 44.4 Å². The second kappa shape index (κ2) is 6.83. The first-order valence-electron chi connectivity index (χ1n) is 9.99. The molecular formula is C22H22N4O4. The van der Waals surface area contributed by atoms with Crippen molar-refractivity contribution in [2.45, 2.75) is 31.8 Å². The van der Waals surface area contributed by atoms with Gasteiger partial charge in [-0.05, 0) is 25.1 Å². The third-order valence-corrected chi connectivity index (χ3v) is 6.04. The van der Waals surface area contributed by atoms with Crippen molar-refractivity contribution in [3.63, 3.8) is 0 Å². The third-order valence-electron chi connectivity index (χ3n) is 6.04. The minimum atomic E-state index is -0.582. The molecule has 8 nitrogen and oxygen atoms in total. The molecule has 3 aromatic rings. The predicted octanol–water partition coefficient (Wildman–Crippen LogP) is 2.69. The van der Waals surface area contributed by atoms with E-state index in [2.05, 4.69) is 10.1 Å². The lowest BCUT2D eigenvalue weighted by Crippen LogP contribution is -2.52. The number of carbonyl (C=O) groups is 2. The lowest BCUT2D eigenvalue weighted by atomic mass is 9.82. The van der Waals surface area contributed by atoms with E-state index in [0.717, 1.165) is 0 Å². The zero-order valence-corrected chi connectivity index (χ0v) is 16.9. The molecule has 8 heteroatoms. The van der Waals surface area contributed by atoms with Crippen LogP contribution in [0.3, 0.4) is 0 Å². The second-order valence-corrected chi connectivity index (χ2v) is 7.89. The molecule has 154 valence electrons. The molecule has 0 radical (unpaired) electrons. The number of likely N-dealkylation sites (tertiary alicyclic amines) is 1. The highest BCUT2D eigenvalue weighted by Crippen LogP contribution is 2.41. The van der Waals surface area contributed by atoms with Gasteiger partial charge in [0.2, 0.25) is 0 Å². The summed E-state index contributed by atoms with van der Waals surface area (Å²) in [5.74, 6) is 1.21. The number of amides is 1. The number of carbonyl (C=O) groups excluding carboxylic acids is 2. The van der Waals surface area contributed by atoms with Gasteiger partial charge in [-0.15, -0.1) is 0 Å². The Morgan fingerprint density at radius 1 is 1.27 bits per heavy atom. The first kappa shape index (κ1) is 18.6. The van der Waals surface area contributed by atoms with Crippen LogP contribution in [0.4, 0.5) is 0 Å². The number of aromatic nitrogens is 3. The Bertz CT molecular complexity index is 1160. The highest BCUT2D eigenvalue weighted by Gasteiger charge is 2.44. The van der Waals surface area contributed by atoms with Crippen molar-refractivity contribution < 1.29 is 19.1 Å². The van der Waals surface area contributed by atoms with Crippen molar-refractivity contribution in [2.75, 3.05) is 20.2 Å². The summed E-state index contributed by atoms with van der Waals surface area (Å²) < 4.78 is 13.2. The standard InChI is InChI=1S/C22H22N4O4/c1-14-19(20-23-8-3-9-26(20)24-14)21(28)25-10-6-22(7-11-25)13-17(27)16-5-4-15(29-2)12-18(16)30-22/h3-5,8-9,12H,6-7,10-11,13H2,1-2H3. The van der Waals surface area contributed by atoms with Crippen LogP contribution in [-0.4, -0.2) is 57.0 Å². The van der Waals surface area contributed by atoms with Crippen LogP contribution in [0.2, 0.25) is 0 Å². The summed E-state index contributed by atoms with van der Waals surface area (Å²) in [6.07, 6.45) is 4.95. The molecule has 0 unspecified atom stereocenters. The molecule has 1 fully saturated rings. The van der Waals surface area contributed by atoms with E-state index in [-0.39, 0.29) is 11.7 Å². The fourth-order valence-corrected chi connectivity index (χ4v) is 4.40. The Kier molecular flexibility index (Phi) is 4.23. The topological polar surface area (TPSA) is 86.0 Å². The van der Waals surface area contributed by atoms with E-state index in [9.17, 15) is 9.59 Å². The third kappa shape index (κ3) is 2.91. The lowest BCUT2D eigenvalue weighted by Gasteiger charge is -2.44. The SMILES string of the molecule is COc1ccc2c(c1)OC1(CCN(C(=O)c3c(C)nn4cccnc34)CC1)CC2=O. The largest absolute Gasteiger partial charge is 0.497 e. The summed E-state index contributed by atoms with van der Waals surface area (Å²) in [5, 5.41) is 4.39. The number of Topliss-reactive ketones (excluding diaryl/α,β-unsaturated/α-hetero) is 1. The Labute approximate surface area is 173 Å². The van der Waals surface area contributed by atoms with Gasteiger partial charge in [0.05, 0.1) is 24.8 Å². The molecule has 30 heavy (non-hydrogen) atoms. The van der Waals surface area contributed by atoms with Crippen LogP contribution in [0.5, 0.6) is 11.5 Å². The van der Waals surface area contributed by atoms with Gasteiger partial charge in [-0.2, -0.15) is 5.10 Å². The van der Waals surface area contributed by atoms with Gasteiger partial charge in [0.25, 0.3) is 5.91 Å². The maximum atomic E-state index is 13.2. The molecule has 4 heterocycles. The number of ether oxygens (including phenoxy) is 2. The number of hydrogen-bond donors (Lipinski definition) is 0. The van der Waals surface area contributed by atoms with E-state index in [4.69, 9.17) is 9.47 Å². The molecule has 2 aromatic heterocycles. The molecular weight excluding hydrogens is 384 g/mol. The van der Waals surface area contributed by atoms with Crippen molar-refractivity contribution in [3.8, 4) is 11.5 Å². The molecule has 1 spiro atoms. The molecule has 1 saturated heterocycles. The Morgan fingerprint density at radius 3 is 2.83 bits per heavy atom. The van der Waals surface area contributed by atoms with Crippen LogP contribution in [0, 0.1) is 6.92 Å². The fourth-order valence-electron chi connectivity index (χ4n) is 4.40. The monoisotopic (exact) mass is 406 g/mol. The zero-order chi connectivity index (χ0) is 20.9. The summed E-state index contributed by atoms with van der Waals surface area (Å²) >= 11 is 0. The average molecular weight is 406 g/mol. The van der Waals surface area contributed by atoms with Crippen molar-refractivity contribution in [2.24, 2.45) is 0 Å². The molecule has 1 amide bonds. The highest BCUT2D eigenvalue weighted by molar-refractivity contribution is 6.02. The van der Waals surface area contributed by atoms with Gasteiger partial charge in [-0.1, -0.05) is 0 Å². The van der Waals surface area contributed by atoms with Crippen molar-refractivity contribution in [3.05, 3.63) is 53.5 Å². The van der Waals surface area contributed by atoms with E-state index in [1.807, 2.05) is 6.92 Å². The fraction of sp³-hybridized carbons (Fsp3) is 0.364. The van der Waals surface area contributed by atoms with Crippen LogP contribution >= 0.6 is 0 Å². The molecule has 2 aliphatic heterocycles. The van der Waals surface area contributed by atoms with Crippen LogP contribution in [0.15, 0.2) is 36.7 Å². The minimum absolute atomic E-state index is 0.0707. The van der Waals surface area contributed by atoms with Crippen LogP contribution < -0.4 is 9.47 Å². The average Bonchev–Trinajstić information content (AvgIpc) is 3.09. The Hall–Kier alpha value is -3.42. The summed E-state index contributed by atoms with van der Waals surface area (Å²) in [7, 11) is 1.59. The summed E-state index contributed by atoms with van der Waals surface area (Å²) in [6, 6.07) is 7.07. The van der Waals surface area contributed by atoms with Crippen LogP contribution in [0.1, 0.15) is 45.7 Å². The summed E-state index contributed by atoms with van der Waals surface area (Å²) in [4.78, 5) is 32.1. The highest BCUT2D eigenvalue weighted by atomic mass is 16.5. The predicted molar refractivity (Wildman–Crippen MR) is 108 cm³/mol. The van der Waals surface area contributed by atoms with Gasteiger partial charge in [0.1, 0.15) is 22.7 Å². The van der Waals surface area contributed by atoms with Crippen LogP contribution in [0.25, 0.3) is 5.65 Å². The Morgan fingerprint density at radius 2 is 2.07 bits per heavy atom. The molecule has 2 aliphatic rings. The normalized spacial score (nSPS) is 17.7. The molecule has 0 bridgehead atoms. The minimum Gasteiger partial charge on any atom is -0.497 e. The van der Waals surface area contributed by atoms with Crippen molar-refractivity contribution >= 4 is 17.3 Å². The number of rotatable bonds is 2. The number of benzene rings is 1. The molecule has 0 N–H and O–H groups in total. The summed E-state index contributed by atoms with van der Waals surface area (Å²) in [5.41, 5.74) is 1.76. The van der Waals surface area contributed by atoms with Crippen molar-refractivity contribution in [1.82, 2.24) is 19.5 Å². The van der Waals surface area contributed by atoms with E-state index in [1.54, 1.807) is 53.2 Å². The maximum Gasteiger partial charge on any atom is 0.259 e. The lowest BCUT2D eigenvalue weighted by molar-refractivity contribution is -0.00577. The first-order chi connectivity index (χ1) is 14.5. The summed E-state index contributed by atoms with van der Waals surface area (Å²) in [6.45, 7) is 2.84. The van der Waals surface area contributed by atoms with E-state index in [0.29, 0.717) is 66.3 Å². The number of piperidine rings is 1. The molecule has 0 saturated carbocycles. The second-order valence-electron chi connectivity index (χ2n) is 7.89. The number of aryl methyl sites for hydroxylation is 1. The molecule has 0 atom stereocenters. The number of hydrogen-bond acceptors (Lipinski definition) is 6. The number of ketones is 1. The molecule has 0 aliphatic carbocycles. The van der Waals surface area contributed by atoms with Crippen LogP contribution in [-0.2, 0) is 0 Å². The smallest absolute Gasteiger partial charge is 0.259 e. The molecule has 1 aromatic carbocycles. The molecule has 5 rings (SSSR count). The Balaban J connectivity index is 1.36. The number of nitrogens with zero attached hydrogens (tertiary/aromatic N) is 4. The van der Waals surface area contributed by atoms with E-state index >= 15 is 0 Å². The van der Waals surface area contributed by atoms with Gasteiger partial charge in [0.15, 0.2) is 11.4 Å². The number of methoxy groups -OCH3 is 1.